The number of hydrogen-bond acceptors (Lipinski definition) is 6. The Balaban J connectivity index is 1.75. The van der Waals surface area contributed by atoms with E-state index in [0.29, 0.717) is 27.1 Å². The summed E-state index contributed by atoms with van der Waals surface area (Å²) < 4.78 is 5.24. The van der Waals surface area contributed by atoms with Gasteiger partial charge in [-0.2, -0.15) is 0 Å². The van der Waals surface area contributed by atoms with E-state index >= 15 is 0 Å². The summed E-state index contributed by atoms with van der Waals surface area (Å²) in [4.78, 5) is 29.7. The first-order valence-corrected chi connectivity index (χ1v) is 11.2. The van der Waals surface area contributed by atoms with Crippen LogP contribution in [0.1, 0.15) is 31.0 Å². The second-order valence-corrected chi connectivity index (χ2v) is 8.25. The molecule has 0 unspecified atom stereocenters. The summed E-state index contributed by atoms with van der Waals surface area (Å²) in [6.45, 7) is 5.72. The number of benzene rings is 2. The quantitative estimate of drug-likeness (QED) is 0.605. The first-order chi connectivity index (χ1) is 14.9. The Bertz CT molecular complexity index is 1040. The van der Waals surface area contributed by atoms with E-state index in [2.05, 4.69) is 10.6 Å². The lowest BCUT2D eigenvalue weighted by atomic mass is 9.97. The maximum absolute atomic E-state index is 12.6. The first-order valence-electron chi connectivity index (χ1n) is 9.86. The van der Waals surface area contributed by atoms with Crippen LogP contribution < -0.4 is 10.6 Å². The van der Waals surface area contributed by atoms with Gasteiger partial charge in [0.25, 0.3) is 0 Å². The molecular formula is C23H24ClN3O3S. The molecule has 0 aliphatic carbocycles. The molecule has 8 heteroatoms. The van der Waals surface area contributed by atoms with Gasteiger partial charge in [0, 0.05) is 16.4 Å². The number of halogens is 1. The zero-order chi connectivity index (χ0) is 22.4. The molecular weight excluding hydrogens is 434 g/mol. The molecule has 0 spiro atoms. The number of carbonyl (C=O) groups is 2. The topological polar surface area (TPSA) is 79.8 Å². The Morgan fingerprint density at radius 1 is 1.16 bits per heavy atom. The van der Waals surface area contributed by atoms with Crippen molar-refractivity contribution in [1.82, 2.24) is 5.32 Å². The van der Waals surface area contributed by atoms with Gasteiger partial charge < -0.3 is 15.4 Å². The molecule has 1 amide bonds. The summed E-state index contributed by atoms with van der Waals surface area (Å²) in [7, 11) is 0. The van der Waals surface area contributed by atoms with Crippen molar-refractivity contribution in [2.45, 2.75) is 26.8 Å². The summed E-state index contributed by atoms with van der Waals surface area (Å²) >= 11 is 7.39. The minimum Gasteiger partial charge on any atom is -0.463 e. The van der Waals surface area contributed by atoms with E-state index in [1.807, 2.05) is 50.2 Å². The average molecular weight is 458 g/mol. The lowest BCUT2D eigenvalue weighted by molar-refractivity contribution is -0.139. The Morgan fingerprint density at radius 2 is 1.90 bits per heavy atom. The zero-order valence-corrected chi connectivity index (χ0v) is 19.1. The molecule has 0 bridgehead atoms. The lowest BCUT2D eigenvalue weighted by Gasteiger charge is -2.25. The van der Waals surface area contributed by atoms with Gasteiger partial charge in [0.05, 0.1) is 17.9 Å². The molecule has 162 valence electrons. The standard InChI is InChI=1S/C23H24ClN3O3S/c1-4-30-22(29)20-15(3)25-23(27-21(20)16-9-6-5-7-10-16)31-13-19(28)26-18-12-8-11-17(24)14(18)2/h5-12,21H,4,13H2,1-3H3,(H,25,27)(H,26,28)/t21-/m1/s1. The Hall–Kier alpha value is -2.77. The highest BCUT2D eigenvalue weighted by molar-refractivity contribution is 8.14. The molecule has 3 rings (SSSR count). The molecule has 0 saturated heterocycles. The number of rotatable bonds is 6. The van der Waals surface area contributed by atoms with Crippen LogP contribution in [0.15, 0.2) is 64.8 Å². The van der Waals surface area contributed by atoms with Gasteiger partial charge in [-0.1, -0.05) is 59.8 Å². The smallest absolute Gasteiger partial charge is 0.338 e. The van der Waals surface area contributed by atoms with E-state index < -0.39 is 12.0 Å². The Morgan fingerprint density at radius 3 is 2.61 bits per heavy atom. The highest BCUT2D eigenvalue weighted by Crippen LogP contribution is 2.33. The minimum absolute atomic E-state index is 0.154. The van der Waals surface area contributed by atoms with Crippen molar-refractivity contribution in [3.8, 4) is 0 Å². The van der Waals surface area contributed by atoms with Gasteiger partial charge in [0.1, 0.15) is 6.04 Å². The second-order valence-electron chi connectivity index (χ2n) is 6.88. The van der Waals surface area contributed by atoms with Crippen molar-refractivity contribution in [3.63, 3.8) is 0 Å². The Kier molecular flexibility index (Phi) is 7.76. The summed E-state index contributed by atoms with van der Waals surface area (Å²) in [6.07, 6.45) is 0. The van der Waals surface area contributed by atoms with E-state index in [-0.39, 0.29) is 18.3 Å². The maximum Gasteiger partial charge on any atom is 0.338 e. The van der Waals surface area contributed by atoms with E-state index in [9.17, 15) is 9.59 Å². The van der Waals surface area contributed by atoms with Crippen molar-refractivity contribution >= 4 is 46.1 Å². The van der Waals surface area contributed by atoms with Gasteiger partial charge in [-0.3, -0.25) is 4.79 Å². The molecule has 6 nitrogen and oxygen atoms in total. The van der Waals surface area contributed by atoms with Crippen LogP contribution >= 0.6 is 23.4 Å². The number of aliphatic imine (C=N–C) groups is 1. The number of carbonyl (C=O) groups excluding carboxylic acids is 2. The molecule has 2 aromatic carbocycles. The number of allylic oxidation sites excluding steroid dienone is 1. The van der Waals surface area contributed by atoms with Gasteiger partial charge in [-0.05, 0) is 44.0 Å². The minimum atomic E-state index is -0.498. The fraction of sp³-hybridized carbons (Fsp3) is 0.261. The largest absolute Gasteiger partial charge is 0.463 e. The number of esters is 1. The first kappa shape index (κ1) is 22.9. The van der Waals surface area contributed by atoms with Gasteiger partial charge in [-0.25, -0.2) is 9.79 Å². The molecule has 0 radical (unpaired) electrons. The van der Waals surface area contributed by atoms with Crippen LogP contribution in [0.25, 0.3) is 0 Å². The normalized spacial score (nSPS) is 15.7. The summed E-state index contributed by atoms with van der Waals surface area (Å²) in [5, 5.41) is 7.18. The molecule has 2 N–H and O–H groups in total. The number of nitrogens with one attached hydrogen (secondary N) is 2. The third-order valence-electron chi connectivity index (χ3n) is 4.71. The summed E-state index contributed by atoms with van der Waals surface area (Å²) in [5.74, 6) is -0.418. The van der Waals surface area contributed by atoms with Crippen molar-refractivity contribution in [1.29, 1.82) is 0 Å². The number of hydrogen-bond donors (Lipinski definition) is 2. The predicted molar refractivity (Wildman–Crippen MR) is 126 cm³/mol. The summed E-state index contributed by atoms with van der Waals surface area (Å²) in [5.41, 5.74) is 3.51. The maximum atomic E-state index is 12.6. The number of anilines is 1. The molecule has 0 saturated carbocycles. The molecule has 1 aliphatic heterocycles. The monoisotopic (exact) mass is 457 g/mol. The lowest BCUT2D eigenvalue weighted by Crippen LogP contribution is -2.31. The van der Waals surface area contributed by atoms with Crippen molar-refractivity contribution < 1.29 is 14.3 Å². The molecule has 2 aromatic rings. The van der Waals surface area contributed by atoms with Crippen LogP contribution in [0.5, 0.6) is 0 Å². The van der Waals surface area contributed by atoms with Gasteiger partial charge in [-0.15, -0.1) is 0 Å². The van der Waals surface area contributed by atoms with Crippen molar-refractivity contribution in [3.05, 3.63) is 76.0 Å². The van der Waals surface area contributed by atoms with E-state index in [4.69, 9.17) is 21.3 Å². The summed E-state index contributed by atoms with van der Waals surface area (Å²) in [6, 6.07) is 14.4. The number of nitrogens with zero attached hydrogens (tertiary/aromatic N) is 1. The third kappa shape index (κ3) is 5.68. The van der Waals surface area contributed by atoms with Crippen LogP contribution in [0.2, 0.25) is 5.02 Å². The highest BCUT2D eigenvalue weighted by atomic mass is 35.5. The van der Waals surface area contributed by atoms with E-state index in [1.54, 1.807) is 19.1 Å². The third-order valence-corrected chi connectivity index (χ3v) is 6.01. The van der Waals surface area contributed by atoms with Crippen molar-refractivity contribution in [2.24, 2.45) is 4.99 Å². The fourth-order valence-corrected chi connectivity index (χ4v) is 4.05. The van der Waals surface area contributed by atoms with Crippen LogP contribution in [0.4, 0.5) is 5.69 Å². The molecule has 0 fully saturated rings. The molecule has 0 aromatic heterocycles. The molecule has 1 aliphatic rings. The number of thioether (sulfide) groups is 1. The van der Waals surface area contributed by atoms with Gasteiger partial charge in [0.15, 0.2) is 5.17 Å². The molecule has 1 heterocycles. The predicted octanol–water partition coefficient (Wildman–Crippen LogP) is 4.86. The van der Waals surface area contributed by atoms with E-state index in [1.165, 1.54) is 11.8 Å². The highest BCUT2D eigenvalue weighted by Gasteiger charge is 2.30. The number of ether oxygens (including phenoxy) is 1. The Labute approximate surface area is 191 Å². The molecule has 31 heavy (non-hydrogen) atoms. The van der Waals surface area contributed by atoms with Crippen LogP contribution in [0, 0.1) is 6.92 Å². The number of amidine groups is 1. The van der Waals surface area contributed by atoms with Gasteiger partial charge in [0.2, 0.25) is 5.91 Å². The van der Waals surface area contributed by atoms with Crippen LogP contribution in [-0.2, 0) is 14.3 Å². The van der Waals surface area contributed by atoms with Crippen LogP contribution in [-0.4, -0.2) is 29.4 Å². The number of amides is 1. The second kappa shape index (κ2) is 10.5. The fourth-order valence-electron chi connectivity index (χ4n) is 3.13. The van der Waals surface area contributed by atoms with Gasteiger partial charge >= 0.3 is 5.97 Å². The average Bonchev–Trinajstić information content (AvgIpc) is 2.76. The van der Waals surface area contributed by atoms with E-state index in [0.717, 1.165) is 11.1 Å². The SMILES string of the molecule is CCOC(=O)C1=C(C)NC(SCC(=O)Nc2cccc(Cl)c2C)=N[C@@H]1c1ccccc1. The van der Waals surface area contributed by atoms with Crippen molar-refractivity contribution in [2.75, 3.05) is 17.7 Å². The zero-order valence-electron chi connectivity index (χ0n) is 17.6. The molecule has 1 atom stereocenters. The van der Waals surface area contributed by atoms with Crippen LogP contribution in [0.3, 0.4) is 0 Å².